The van der Waals surface area contributed by atoms with Crippen LogP contribution in [0.3, 0.4) is 0 Å². The molecule has 3 heteroatoms. The molecule has 106 valence electrons. The van der Waals surface area contributed by atoms with Crippen LogP contribution < -0.4 is 4.57 Å². The summed E-state index contributed by atoms with van der Waals surface area (Å²) in [5.74, 6) is 0. The zero-order chi connectivity index (χ0) is 15.0. The third kappa shape index (κ3) is 2.59. The van der Waals surface area contributed by atoms with Crippen LogP contribution in [-0.2, 0) is 14.1 Å². The molecule has 0 aliphatic carbocycles. The Balaban J connectivity index is 2.07. The van der Waals surface area contributed by atoms with Crippen LogP contribution in [0.15, 0.2) is 42.6 Å². The first-order valence-electron chi connectivity index (χ1n) is 6.94. The second-order valence-corrected chi connectivity index (χ2v) is 5.78. The van der Waals surface area contributed by atoms with Crippen molar-refractivity contribution in [2.24, 2.45) is 14.1 Å². The summed E-state index contributed by atoms with van der Waals surface area (Å²) in [7, 11) is 4.13. The van der Waals surface area contributed by atoms with E-state index in [9.17, 15) is 0 Å². The van der Waals surface area contributed by atoms with Crippen molar-refractivity contribution in [3.05, 3.63) is 64.6 Å². The first-order valence-corrected chi connectivity index (χ1v) is 7.32. The van der Waals surface area contributed by atoms with Crippen LogP contribution in [0.25, 0.3) is 23.1 Å². The van der Waals surface area contributed by atoms with Crippen LogP contribution in [0.1, 0.15) is 17.0 Å². The zero-order valence-electron chi connectivity index (χ0n) is 12.5. The molecule has 0 aliphatic heterocycles. The Kier molecular flexibility index (Phi) is 3.56. The lowest BCUT2D eigenvalue weighted by Crippen LogP contribution is -2.34. The molecule has 2 heterocycles. The van der Waals surface area contributed by atoms with E-state index in [0.717, 1.165) is 5.02 Å². The van der Waals surface area contributed by atoms with Gasteiger partial charge in [-0.1, -0.05) is 11.6 Å². The van der Waals surface area contributed by atoms with Crippen LogP contribution in [0, 0.1) is 6.92 Å². The van der Waals surface area contributed by atoms with Crippen LogP contribution in [-0.4, -0.2) is 4.57 Å². The summed E-state index contributed by atoms with van der Waals surface area (Å²) in [4.78, 5) is 0. The van der Waals surface area contributed by atoms with Gasteiger partial charge in [0.1, 0.15) is 7.05 Å². The van der Waals surface area contributed by atoms with Gasteiger partial charge in [-0.05, 0) is 30.3 Å². The third-order valence-corrected chi connectivity index (χ3v) is 4.17. The van der Waals surface area contributed by atoms with Gasteiger partial charge in [0.25, 0.3) is 0 Å². The number of rotatable bonds is 2. The highest BCUT2D eigenvalue weighted by molar-refractivity contribution is 6.31. The largest absolute Gasteiger partial charge is 0.350 e. The van der Waals surface area contributed by atoms with Gasteiger partial charge in [-0.3, -0.25) is 0 Å². The maximum atomic E-state index is 6.13. The van der Waals surface area contributed by atoms with Crippen molar-refractivity contribution >= 4 is 34.7 Å². The van der Waals surface area contributed by atoms with Crippen molar-refractivity contribution in [1.82, 2.24) is 4.57 Å². The van der Waals surface area contributed by atoms with E-state index in [1.165, 1.54) is 27.9 Å². The molecular weight excluding hydrogens is 280 g/mol. The normalized spacial score (nSPS) is 11.6. The minimum Gasteiger partial charge on any atom is -0.350 e. The highest BCUT2D eigenvalue weighted by Gasteiger charge is 2.07. The standard InChI is InChI=1S/C18H18ClN2/c1-13-5-4-6-16(21(13)3)9-7-14-12-20(2)18-10-8-15(19)11-17(14)18/h4-12H,1-3H3/q+1. The second-order valence-electron chi connectivity index (χ2n) is 5.34. The Bertz CT molecular complexity index is 844. The van der Waals surface area contributed by atoms with Crippen molar-refractivity contribution in [3.8, 4) is 0 Å². The summed E-state index contributed by atoms with van der Waals surface area (Å²) in [5.41, 5.74) is 4.77. The Hall–Kier alpha value is -2.06. The number of aromatic nitrogens is 2. The lowest BCUT2D eigenvalue weighted by molar-refractivity contribution is -0.679. The number of pyridine rings is 1. The van der Waals surface area contributed by atoms with E-state index < -0.39 is 0 Å². The monoisotopic (exact) mass is 297 g/mol. The highest BCUT2D eigenvalue weighted by atomic mass is 35.5. The van der Waals surface area contributed by atoms with E-state index in [0.29, 0.717) is 0 Å². The first kappa shape index (κ1) is 13.9. The number of fused-ring (bicyclic) bond motifs is 1. The summed E-state index contributed by atoms with van der Waals surface area (Å²) in [5, 5.41) is 1.95. The van der Waals surface area contributed by atoms with Crippen LogP contribution in [0.5, 0.6) is 0 Å². The molecule has 3 aromatic rings. The smallest absolute Gasteiger partial charge is 0.205 e. The molecular formula is C18H18ClN2+. The molecule has 21 heavy (non-hydrogen) atoms. The highest BCUT2D eigenvalue weighted by Crippen LogP contribution is 2.25. The molecule has 0 atom stereocenters. The van der Waals surface area contributed by atoms with Crippen molar-refractivity contribution < 1.29 is 4.57 Å². The van der Waals surface area contributed by atoms with Gasteiger partial charge in [-0.25, -0.2) is 0 Å². The Labute approximate surface area is 129 Å². The summed E-state index contributed by atoms with van der Waals surface area (Å²) in [6.07, 6.45) is 6.42. The fourth-order valence-electron chi connectivity index (χ4n) is 2.58. The first-order chi connectivity index (χ1) is 10.1. The van der Waals surface area contributed by atoms with E-state index >= 15 is 0 Å². The molecule has 0 spiro atoms. The molecule has 0 unspecified atom stereocenters. The number of halogens is 1. The molecule has 0 saturated heterocycles. The zero-order valence-corrected chi connectivity index (χ0v) is 13.2. The van der Waals surface area contributed by atoms with Gasteiger partial charge in [0.05, 0.1) is 0 Å². The quantitative estimate of drug-likeness (QED) is 0.629. The number of hydrogen-bond acceptors (Lipinski definition) is 0. The van der Waals surface area contributed by atoms with Gasteiger partial charge in [-0.2, -0.15) is 4.57 Å². The molecule has 0 bridgehead atoms. The molecule has 2 nitrogen and oxygen atoms in total. The van der Waals surface area contributed by atoms with E-state index in [4.69, 9.17) is 11.6 Å². The Morgan fingerprint density at radius 2 is 1.95 bits per heavy atom. The minimum atomic E-state index is 0.768. The van der Waals surface area contributed by atoms with E-state index in [-0.39, 0.29) is 0 Å². The van der Waals surface area contributed by atoms with Gasteiger partial charge < -0.3 is 4.57 Å². The van der Waals surface area contributed by atoms with Gasteiger partial charge in [0, 0.05) is 59.9 Å². The van der Waals surface area contributed by atoms with Crippen molar-refractivity contribution in [3.63, 3.8) is 0 Å². The fraction of sp³-hybridized carbons (Fsp3) is 0.167. The Morgan fingerprint density at radius 3 is 2.76 bits per heavy atom. The topological polar surface area (TPSA) is 8.81 Å². The SMILES string of the molecule is Cc1cccc(C=Cc2cn(C)c3ccc(Cl)cc23)[n+]1C. The molecule has 3 rings (SSSR count). The number of nitrogens with zero attached hydrogens (tertiary/aromatic N) is 2. The summed E-state index contributed by atoms with van der Waals surface area (Å²) < 4.78 is 4.30. The van der Waals surface area contributed by atoms with Crippen molar-refractivity contribution in [2.45, 2.75) is 6.92 Å². The molecule has 0 saturated carbocycles. The lowest BCUT2D eigenvalue weighted by atomic mass is 10.1. The molecule has 1 aromatic carbocycles. The van der Waals surface area contributed by atoms with E-state index in [1.54, 1.807) is 0 Å². The molecule has 0 amide bonds. The van der Waals surface area contributed by atoms with Crippen molar-refractivity contribution in [1.29, 1.82) is 0 Å². The summed E-state index contributed by atoms with van der Waals surface area (Å²) >= 11 is 6.13. The predicted molar refractivity (Wildman–Crippen MR) is 89.2 cm³/mol. The van der Waals surface area contributed by atoms with E-state index in [1.807, 2.05) is 12.1 Å². The van der Waals surface area contributed by atoms with Gasteiger partial charge in [0.15, 0.2) is 5.69 Å². The molecule has 0 N–H and O–H groups in total. The average Bonchev–Trinajstić information content (AvgIpc) is 2.76. The van der Waals surface area contributed by atoms with Crippen LogP contribution in [0.4, 0.5) is 0 Å². The molecule has 2 aromatic heterocycles. The maximum absolute atomic E-state index is 6.13. The number of benzene rings is 1. The molecule has 0 radical (unpaired) electrons. The lowest BCUT2D eigenvalue weighted by Gasteiger charge is -1.97. The van der Waals surface area contributed by atoms with Crippen LogP contribution in [0.2, 0.25) is 5.02 Å². The Morgan fingerprint density at radius 1 is 1.14 bits per heavy atom. The third-order valence-electron chi connectivity index (χ3n) is 3.94. The summed E-state index contributed by atoms with van der Waals surface area (Å²) in [6, 6.07) is 12.3. The second kappa shape index (κ2) is 5.38. The van der Waals surface area contributed by atoms with Gasteiger partial charge in [-0.15, -0.1) is 0 Å². The summed E-state index contributed by atoms with van der Waals surface area (Å²) in [6.45, 7) is 2.11. The molecule has 0 aliphatic rings. The van der Waals surface area contributed by atoms with E-state index in [2.05, 4.69) is 72.8 Å². The van der Waals surface area contributed by atoms with Crippen LogP contribution >= 0.6 is 11.6 Å². The predicted octanol–water partition coefficient (Wildman–Crippen LogP) is 4.14. The fourth-order valence-corrected chi connectivity index (χ4v) is 2.76. The van der Waals surface area contributed by atoms with Gasteiger partial charge in [0.2, 0.25) is 5.69 Å². The maximum Gasteiger partial charge on any atom is 0.205 e. The number of hydrogen-bond donors (Lipinski definition) is 0. The molecule has 0 fully saturated rings. The van der Waals surface area contributed by atoms with Crippen molar-refractivity contribution in [2.75, 3.05) is 0 Å². The average molecular weight is 298 g/mol. The van der Waals surface area contributed by atoms with Gasteiger partial charge >= 0.3 is 0 Å². The number of aryl methyl sites for hydroxylation is 2. The minimum absolute atomic E-state index is 0.768.